The van der Waals surface area contributed by atoms with Crippen LogP contribution in [0.5, 0.6) is 0 Å². The highest BCUT2D eigenvalue weighted by Gasteiger charge is 2.38. The predicted molar refractivity (Wildman–Crippen MR) is 74.8 cm³/mol. The summed E-state index contributed by atoms with van der Waals surface area (Å²) >= 11 is 0. The van der Waals surface area contributed by atoms with Gasteiger partial charge in [0.25, 0.3) is 0 Å². The quantitative estimate of drug-likeness (QED) is 0.568. The van der Waals surface area contributed by atoms with Gasteiger partial charge in [0, 0.05) is 0 Å². The molecule has 0 saturated carbocycles. The Morgan fingerprint density at radius 3 is 2.63 bits per heavy atom. The first-order valence-corrected chi connectivity index (χ1v) is 6.84. The normalized spacial score (nSPS) is 21.8. The molecule has 1 aromatic carbocycles. The van der Waals surface area contributed by atoms with Gasteiger partial charge in [-0.2, -0.15) is 0 Å². The fraction of sp³-hybridized carbons (Fsp3) is 0.438. The zero-order chi connectivity index (χ0) is 13.7. The summed E-state index contributed by atoms with van der Waals surface area (Å²) < 4.78 is 10.5. The predicted octanol–water partition coefficient (Wildman–Crippen LogP) is 4.18. The van der Waals surface area contributed by atoms with Crippen molar-refractivity contribution in [3.05, 3.63) is 42.5 Å². The smallest absolute Gasteiger partial charge is 0.427 e. The monoisotopic (exact) mass is 260 g/mol. The van der Waals surface area contributed by atoms with Crippen LogP contribution in [0.2, 0.25) is 0 Å². The van der Waals surface area contributed by atoms with Gasteiger partial charge in [0.1, 0.15) is 6.10 Å². The van der Waals surface area contributed by atoms with Crippen LogP contribution in [0.15, 0.2) is 36.9 Å². The van der Waals surface area contributed by atoms with Crippen LogP contribution >= 0.6 is 0 Å². The molecular formula is C16H20O3. The lowest BCUT2D eigenvalue weighted by Crippen LogP contribution is -2.23. The second kappa shape index (κ2) is 6.41. The minimum Gasteiger partial charge on any atom is -0.427 e. The first-order valence-electron chi connectivity index (χ1n) is 6.84. The maximum atomic E-state index is 11.3. The number of rotatable bonds is 6. The maximum absolute atomic E-state index is 11.3. The van der Waals surface area contributed by atoms with Crippen molar-refractivity contribution in [2.45, 2.75) is 44.8 Å². The Bertz CT molecular complexity index is 439. The molecule has 3 nitrogen and oxygen atoms in total. The lowest BCUT2D eigenvalue weighted by atomic mass is 9.96. The van der Waals surface area contributed by atoms with E-state index in [0.29, 0.717) is 0 Å². The van der Waals surface area contributed by atoms with Crippen molar-refractivity contribution in [1.82, 2.24) is 0 Å². The van der Waals surface area contributed by atoms with Crippen LogP contribution < -0.4 is 0 Å². The van der Waals surface area contributed by atoms with E-state index in [-0.39, 0.29) is 12.2 Å². The van der Waals surface area contributed by atoms with Crippen molar-refractivity contribution >= 4 is 11.7 Å². The Morgan fingerprint density at radius 2 is 1.95 bits per heavy atom. The van der Waals surface area contributed by atoms with Crippen LogP contribution in [0.4, 0.5) is 4.79 Å². The molecule has 0 amide bonds. The molecular weight excluding hydrogens is 240 g/mol. The number of benzene rings is 1. The lowest BCUT2D eigenvalue weighted by molar-refractivity contribution is 0.115. The fourth-order valence-electron chi connectivity index (χ4n) is 2.31. The summed E-state index contributed by atoms with van der Waals surface area (Å²) in [6, 6.07) is 9.79. The summed E-state index contributed by atoms with van der Waals surface area (Å²) in [6.07, 6.45) is 3.01. The van der Waals surface area contributed by atoms with Gasteiger partial charge in [-0.25, -0.2) is 4.79 Å². The molecule has 19 heavy (non-hydrogen) atoms. The number of hydrogen-bond acceptors (Lipinski definition) is 3. The number of carbonyl (C=O) groups is 1. The first kappa shape index (κ1) is 13.7. The molecule has 0 radical (unpaired) electrons. The van der Waals surface area contributed by atoms with Crippen molar-refractivity contribution in [1.29, 1.82) is 0 Å². The van der Waals surface area contributed by atoms with Crippen LogP contribution in [0.1, 0.15) is 38.2 Å². The van der Waals surface area contributed by atoms with Gasteiger partial charge in [0.2, 0.25) is 0 Å². The van der Waals surface area contributed by atoms with Crippen LogP contribution in [-0.4, -0.2) is 18.4 Å². The molecule has 0 bridgehead atoms. The van der Waals surface area contributed by atoms with E-state index < -0.39 is 6.16 Å². The number of cyclic esters (lactones) is 2. The molecule has 0 unspecified atom stereocenters. The molecule has 0 aliphatic carbocycles. The topological polar surface area (TPSA) is 35.5 Å². The van der Waals surface area contributed by atoms with E-state index in [1.807, 2.05) is 30.3 Å². The molecule has 0 N–H and O–H groups in total. The van der Waals surface area contributed by atoms with Gasteiger partial charge in [-0.15, -0.1) is 0 Å². The van der Waals surface area contributed by atoms with E-state index in [2.05, 4.69) is 13.5 Å². The molecule has 102 valence electrons. The number of carbonyl (C=O) groups excluding carboxylic acids is 1. The Labute approximate surface area is 114 Å². The van der Waals surface area contributed by atoms with Gasteiger partial charge in [0.15, 0.2) is 6.10 Å². The van der Waals surface area contributed by atoms with E-state index in [1.165, 1.54) is 0 Å². The molecule has 1 fully saturated rings. The molecule has 2 atom stereocenters. The Kier molecular flexibility index (Phi) is 4.61. The molecule has 1 aliphatic heterocycles. The van der Waals surface area contributed by atoms with Crippen LogP contribution in [0, 0.1) is 0 Å². The second-order valence-electron chi connectivity index (χ2n) is 4.83. The number of unbranched alkanes of at least 4 members (excludes halogenated alkanes) is 2. The first-order chi connectivity index (χ1) is 9.22. The average Bonchev–Trinajstić information content (AvgIpc) is 2.80. The van der Waals surface area contributed by atoms with Gasteiger partial charge >= 0.3 is 6.16 Å². The van der Waals surface area contributed by atoms with Crippen LogP contribution in [0.3, 0.4) is 0 Å². The zero-order valence-electron chi connectivity index (χ0n) is 11.3. The standard InChI is InChI=1S/C16H20O3/c1-3-4-6-11-14-15(19-16(17)18-14)12(2)13-9-7-5-8-10-13/h5,7-10,14-15H,2-4,6,11H2,1H3/t14-,15-/m1/s1. The summed E-state index contributed by atoms with van der Waals surface area (Å²) in [7, 11) is 0. The molecule has 2 rings (SSSR count). The van der Waals surface area contributed by atoms with Crippen molar-refractivity contribution in [3.8, 4) is 0 Å². The van der Waals surface area contributed by atoms with Crippen molar-refractivity contribution in [2.75, 3.05) is 0 Å². The zero-order valence-corrected chi connectivity index (χ0v) is 11.3. The molecule has 1 saturated heterocycles. The minimum atomic E-state index is -0.580. The van der Waals surface area contributed by atoms with Crippen LogP contribution in [-0.2, 0) is 9.47 Å². The summed E-state index contributed by atoms with van der Waals surface area (Å²) in [4.78, 5) is 11.3. The maximum Gasteiger partial charge on any atom is 0.509 e. The number of ether oxygens (including phenoxy) is 2. The third-order valence-electron chi connectivity index (χ3n) is 3.39. The average molecular weight is 260 g/mol. The van der Waals surface area contributed by atoms with Crippen LogP contribution in [0.25, 0.3) is 5.57 Å². The van der Waals surface area contributed by atoms with Gasteiger partial charge in [-0.05, 0) is 24.0 Å². The lowest BCUT2D eigenvalue weighted by Gasteiger charge is -2.17. The Balaban J connectivity index is 2.04. The Morgan fingerprint density at radius 1 is 1.21 bits per heavy atom. The molecule has 0 aromatic heterocycles. The molecule has 1 aromatic rings. The van der Waals surface area contributed by atoms with Crippen molar-refractivity contribution in [3.63, 3.8) is 0 Å². The Hall–Kier alpha value is -1.77. The highest BCUT2D eigenvalue weighted by atomic mass is 16.8. The fourth-order valence-corrected chi connectivity index (χ4v) is 2.31. The minimum absolute atomic E-state index is 0.202. The molecule has 0 spiro atoms. The summed E-state index contributed by atoms with van der Waals surface area (Å²) in [6.45, 7) is 6.21. The highest BCUT2D eigenvalue weighted by molar-refractivity contribution is 5.73. The molecule has 1 aliphatic rings. The summed E-state index contributed by atoms with van der Waals surface area (Å²) in [5, 5.41) is 0. The number of hydrogen-bond donors (Lipinski definition) is 0. The van der Waals surface area contributed by atoms with Crippen molar-refractivity contribution < 1.29 is 14.3 Å². The SMILES string of the molecule is C=C(c1ccccc1)[C@H]1OC(=O)O[C@@H]1CCCCC. The van der Waals surface area contributed by atoms with E-state index >= 15 is 0 Å². The molecule has 1 heterocycles. The van der Waals surface area contributed by atoms with E-state index in [0.717, 1.165) is 36.8 Å². The summed E-state index contributed by atoms with van der Waals surface area (Å²) in [5.41, 5.74) is 1.80. The van der Waals surface area contributed by atoms with Gasteiger partial charge in [-0.1, -0.05) is 56.7 Å². The van der Waals surface area contributed by atoms with E-state index in [1.54, 1.807) is 0 Å². The van der Waals surface area contributed by atoms with Gasteiger partial charge in [0.05, 0.1) is 0 Å². The highest BCUT2D eigenvalue weighted by Crippen LogP contribution is 2.30. The second-order valence-corrected chi connectivity index (χ2v) is 4.83. The third-order valence-corrected chi connectivity index (χ3v) is 3.39. The van der Waals surface area contributed by atoms with E-state index in [9.17, 15) is 4.79 Å². The third kappa shape index (κ3) is 3.37. The molecule has 3 heteroatoms. The summed E-state index contributed by atoms with van der Waals surface area (Å²) in [5.74, 6) is 0. The van der Waals surface area contributed by atoms with Gasteiger partial charge in [-0.3, -0.25) is 0 Å². The van der Waals surface area contributed by atoms with Crippen molar-refractivity contribution in [2.24, 2.45) is 0 Å². The van der Waals surface area contributed by atoms with E-state index in [4.69, 9.17) is 9.47 Å². The largest absolute Gasteiger partial charge is 0.509 e. The van der Waals surface area contributed by atoms with Gasteiger partial charge < -0.3 is 9.47 Å².